The molecule has 21 rings (SSSR count). The zero-order valence-corrected chi connectivity index (χ0v) is 69.7. The molecule has 0 radical (unpaired) electrons. The van der Waals surface area contributed by atoms with Crippen molar-refractivity contribution in [2.75, 3.05) is 52.6 Å². The molecule has 3 aromatic heterocycles. The third kappa shape index (κ3) is 14.9. The van der Waals surface area contributed by atoms with E-state index in [-0.39, 0.29) is 29.1 Å². The van der Waals surface area contributed by atoms with Gasteiger partial charge in [0.15, 0.2) is 5.78 Å². The van der Waals surface area contributed by atoms with Gasteiger partial charge in [-0.05, 0) is 138 Å². The summed E-state index contributed by atoms with van der Waals surface area (Å²) in [5.41, 5.74) is 13.6. The first-order valence-corrected chi connectivity index (χ1v) is 43.2. The number of morpholine rings is 2. The maximum absolute atomic E-state index is 15.1. The molecule has 3 amide bonds. The summed E-state index contributed by atoms with van der Waals surface area (Å²) in [6.45, 7) is 19.4. The number of aromatic nitrogens is 6. The second-order valence-electron chi connectivity index (χ2n) is 35.8. The first kappa shape index (κ1) is 79.1. The molecule has 3 unspecified atom stereocenters. The van der Waals surface area contributed by atoms with Crippen molar-refractivity contribution in [3.8, 4) is 17.2 Å². The van der Waals surface area contributed by atoms with Crippen LogP contribution in [0.3, 0.4) is 0 Å². The molecular weight excluding hydrogens is 1520 g/mol. The summed E-state index contributed by atoms with van der Waals surface area (Å²) in [4.78, 5) is 91.5. The Labute approximate surface area is 702 Å². The van der Waals surface area contributed by atoms with Crippen molar-refractivity contribution in [3.05, 3.63) is 233 Å². The number of aliphatic hydroxyl groups excluding tert-OH is 2. The van der Waals surface area contributed by atoms with Crippen LogP contribution >= 0.6 is 0 Å². The van der Waals surface area contributed by atoms with Crippen LogP contribution in [-0.2, 0) is 33.7 Å². The van der Waals surface area contributed by atoms with Crippen molar-refractivity contribution < 1.29 is 53.1 Å². The minimum Gasteiger partial charge on any atom is -0.487 e. The molecule has 616 valence electrons. The van der Waals surface area contributed by atoms with Gasteiger partial charge >= 0.3 is 0 Å². The molecular formula is C101H101N9O11. The summed E-state index contributed by atoms with van der Waals surface area (Å²) >= 11 is 0. The normalized spacial score (nSPS) is 20.7. The van der Waals surface area contributed by atoms with E-state index >= 15 is 4.79 Å². The Kier molecular flexibility index (Phi) is 21.0. The zero-order valence-electron chi connectivity index (χ0n) is 69.7. The standard InChI is InChI=1S/C49H51N3O3.2C26H25N3O4/c1-31-23-25-39-38(27-31)43-45-44(36-21-13-14-22-37(36)47(43)55-49(39,2)3)50-40-26-24-35(29-41(40)51-45)48(54)52(30-33-17-9-5-10-18-33)46(34-19-11-6-12-20-34)42(53)28-32-15-7-4-8-16-32;1-26(2)21(30)14-18-23-22(16-5-3-4-6-17(16)24(18)33-26)28-20-13-15(7-8-19(20)27-23)25(31)29-9-11-32-12-10-29;1-26(2)21(30)14-18-23-22(16-5-3-4-6-17(16)24(18)33-26)27-19-8-7-15(13-20(19)28-23)25(31)29-9-11-32-12-10-29/h5-6,9-14,17-22,24,26,29,31-32,38-39,46H,4,7-8,15-16,23,25,27-28,30H2,1-3H3;2*3-8,13,21,30H,9-12,14H2,1-2H3/t31-,38-,39-,46?;;/m0../s1. The molecule has 5 aliphatic heterocycles. The number of hydrogen-bond donors (Lipinski definition) is 2. The van der Waals surface area contributed by atoms with Crippen LogP contribution in [0.1, 0.15) is 177 Å². The lowest BCUT2D eigenvalue weighted by atomic mass is 9.64. The summed E-state index contributed by atoms with van der Waals surface area (Å²) in [7, 11) is 0. The molecule has 0 spiro atoms. The zero-order chi connectivity index (χ0) is 83.2. The van der Waals surface area contributed by atoms with Gasteiger partial charge in [0, 0.05) is 124 Å². The van der Waals surface area contributed by atoms with Gasteiger partial charge in [0.2, 0.25) is 0 Å². The predicted molar refractivity (Wildman–Crippen MR) is 472 cm³/mol. The average Bonchev–Trinajstić information content (AvgIpc) is 0.715. The molecule has 2 aliphatic carbocycles. The topological polar surface area (TPSA) is 242 Å². The fourth-order valence-electron chi connectivity index (χ4n) is 19.8. The summed E-state index contributed by atoms with van der Waals surface area (Å²) in [5.74, 6) is 3.96. The Bertz CT molecular complexity index is 6440. The number of rotatable bonds is 10. The molecule has 7 aliphatic rings. The van der Waals surface area contributed by atoms with Crippen LogP contribution in [0.25, 0.3) is 98.5 Å². The van der Waals surface area contributed by atoms with Crippen molar-refractivity contribution in [1.82, 2.24) is 44.6 Å². The van der Waals surface area contributed by atoms with Gasteiger partial charge < -0.3 is 48.6 Å². The summed E-state index contributed by atoms with van der Waals surface area (Å²) < 4.78 is 30.3. The predicted octanol–water partition coefficient (Wildman–Crippen LogP) is 18.5. The van der Waals surface area contributed by atoms with Gasteiger partial charge in [0.25, 0.3) is 17.7 Å². The van der Waals surface area contributed by atoms with Crippen molar-refractivity contribution >= 4 is 122 Å². The van der Waals surface area contributed by atoms with Gasteiger partial charge in [-0.15, -0.1) is 0 Å². The Morgan fingerprint density at radius 1 is 0.446 bits per heavy atom. The van der Waals surface area contributed by atoms with Crippen molar-refractivity contribution in [2.45, 2.75) is 167 Å². The van der Waals surface area contributed by atoms with Gasteiger partial charge in [-0.2, -0.15) is 0 Å². The molecule has 20 heteroatoms. The molecule has 6 atom stereocenters. The van der Waals surface area contributed by atoms with E-state index in [0.717, 1.165) is 149 Å². The van der Waals surface area contributed by atoms with Crippen molar-refractivity contribution in [1.29, 1.82) is 0 Å². The van der Waals surface area contributed by atoms with Gasteiger partial charge in [0.1, 0.15) is 40.1 Å². The maximum atomic E-state index is 15.1. The minimum absolute atomic E-state index is 0.0175. The van der Waals surface area contributed by atoms with E-state index in [0.29, 0.717) is 146 Å². The van der Waals surface area contributed by atoms with Crippen molar-refractivity contribution in [3.63, 3.8) is 0 Å². The van der Waals surface area contributed by atoms with E-state index in [1.54, 1.807) is 9.80 Å². The molecule has 8 heterocycles. The van der Waals surface area contributed by atoms with Gasteiger partial charge in [-0.1, -0.05) is 179 Å². The van der Waals surface area contributed by atoms with E-state index in [2.05, 4.69) is 45.0 Å². The van der Waals surface area contributed by atoms with Crippen LogP contribution in [0, 0.1) is 17.8 Å². The smallest absolute Gasteiger partial charge is 0.255 e. The highest BCUT2D eigenvalue weighted by Gasteiger charge is 2.49. The van der Waals surface area contributed by atoms with Gasteiger partial charge in [-0.25, -0.2) is 29.9 Å². The highest BCUT2D eigenvalue weighted by molar-refractivity contribution is 6.14. The fraction of sp³-hybridized carbons (Fsp3) is 0.366. The highest BCUT2D eigenvalue weighted by Crippen LogP contribution is 2.57. The molecule has 0 bridgehead atoms. The number of carbonyl (C=O) groups is 4. The third-order valence-corrected chi connectivity index (χ3v) is 26.5. The number of amides is 3. The number of fused-ring (bicyclic) bond motifs is 23. The summed E-state index contributed by atoms with van der Waals surface area (Å²) in [6.07, 6.45) is 9.12. The lowest BCUT2D eigenvalue weighted by Crippen LogP contribution is -2.46. The Hall–Kier alpha value is -11.7. The second-order valence-corrected chi connectivity index (χ2v) is 35.8. The van der Waals surface area contributed by atoms with Crippen LogP contribution in [0.15, 0.2) is 188 Å². The van der Waals surface area contributed by atoms with E-state index in [9.17, 15) is 24.6 Å². The average molecular weight is 1620 g/mol. The molecule has 2 saturated carbocycles. The number of aliphatic hydroxyl groups is 2. The first-order valence-electron chi connectivity index (χ1n) is 43.2. The molecule has 121 heavy (non-hydrogen) atoms. The quantitative estimate of drug-likeness (QED) is 0.0955. The monoisotopic (exact) mass is 1620 g/mol. The van der Waals surface area contributed by atoms with Crippen LogP contribution in [-0.4, -0.2) is 160 Å². The number of Topliss-reactive ketones (excluding diaryl/α,β-unsaturated/α-hetero) is 1. The molecule has 2 saturated heterocycles. The molecule has 11 aromatic carbocycles. The molecule has 14 aromatic rings. The highest BCUT2D eigenvalue weighted by atomic mass is 16.5. The van der Waals surface area contributed by atoms with Crippen LogP contribution < -0.4 is 14.2 Å². The molecule has 4 fully saturated rings. The first-order chi connectivity index (χ1) is 58.6. The van der Waals surface area contributed by atoms with Crippen LogP contribution in [0.5, 0.6) is 17.2 Å². The minimum atomic E-state index is -0.710. The molecule has 20 nitrogen and oxygen atoms in total. The summed E-state index contributed by atoms with van der Waals surface area (Å²) in [6, 6.07) is 60.2. The lowest BCUT2D eigenvalue weighted by Gasteiger charge is -2.49. The largest absolute Gasteiger partial charge is 0.487 e. The third-order valence-electron chi connectivity index (χ3n) is 26.5. The number of benzene rings is 11. The van der Waals surface area contributed by atoms with Gasteiger partial charge in [-0.3, -0.25) is 19.2 Å². The van der Waals surface area contributed by atoms with E-state index in [1.165, 1.54) is 18.4 Å². The molecule has 2 N–H and O–H groups in total. The SMILES string of the molecule is CC1(C)Oc2c(c3nc4cc(C(=O)N5CCOCC5)ccc4nc3c3ccccc23)CC1O.CC1(C)Oc2c(c3nc4ccc(C(=O)N5CCOCC5)cc4nc3c3ccccc23)CC1O.C[C@H]1CC[C@H]2[C@H](C1)c1c(c3ccccc3c3nc4ccc(C(=O)N(Cc5ccccc5)C(C(=O)CC5CCCCC5)c5ccccc5)cc4nc13)OC2(C)C. The van der Waals surface area contributed by atoms with Crippen LogP contribution in [0.2, 0.25) is 0 Å². The van der Waals surface area contributed by atoms with Crippen molar-refractivity contribution in [2.24, 2.45) is 17.8 Å². The fourth-order valence-corrected chi connectivity index (χ4v) is 19.8. The van der Waals surface area contributed by atoms with E-state index < -0.39 is 29.5 Å². The Balaban J connectivity index is 0.000000126. The number of carbonyl (C=O) groups excluding carboxylic acids is 4. The van der Waals surface area contributed by atoms with E-state index in [4.69, 9.17) is 53.6 Å². The maximum Gasteiger partial charge on any atom is 0.255 e. The number of ether oxygens (including phenoxy) is 5. The lowest BCUT2D eigenvalue weighted by molar-refractivity contribution is -0.125. The number of ketones is 1. The number of nitrogens with zero attached hydrogens (tertiary/aromatic N) is 9. The van der Waals surface area contributed by atoms with Crippen LogP contribution in [0.4, 0.5) is 0 Å². The Morgan fingerprint density at radius 2 is 0.860 bits per heavy atom. The van der Waals surface area contributed by atoms with E-state index in [1.807, 2.05) is 196 Å². The number of hydrogen-bond acceptors (Lipinski definition) is 17. The van der Waals surface area contributed by atoms with Gasteiger partial charge in [0.05, 0.1) is 105 Å². The second kappa shape index (κ2) is 32.0. The summed E-state index contributed by atoms with van der Waals surface area (Å²) in [5, 5.41) is 27.4. The Morgan fingerprint density at radius 3 is 1.37 bits per heavy atom.